The quantitative estimate of drug-likeness (QED) is 0.578. The van der Waals surface area contributed by atoms with Crippen LogP contribution >= 0.6 is 0 Å². The molecule has 8 nitrogen and oxygen atoms in total. The van der Waals surface area contributed by atoms with Crippen molar-refractivity contribution in [2.45, 2.75) is 50.9 Å². The van der Waals surface area contributed by atoms with E-state index in [0.717, 1.165) is 48.8 Å². The molecule has 6 rings (SSSR count). The molecule has 0 radical (unpaired) electrons. The average Bonchev–Trinajstić information content (AvgIpc) is 3.71. The van der Waals surface area contributed by atoms with Gasteiger partial charge in [0.05, 0.1) is 0 Å². The minimum atomic E-state index is -0.715. The van der Waals surface area contributed by atoms with E-state index in [-0.39, 0.29) is 23.6 Å². The number of hydrogen-bond acceptors (Lipinski definition) is 6. The first-order chi connectivity index (χ1) is 16.0. The summed E-state index contributed by atoms with van der Waals surface area (Å²) in [5.41, 5.74) is 10.1. The van der Waals surface area contributed by atoms with Crippen molar-refractivity contribution in [3.8, 4) is 11.1 Å². The number of carbonyl (C=O) groups is 2. The van der Waals surface area contributed by atoms with Gasteiger partial charge in [-0.3, -0.25) is 9.59 Å². The molecule has 1 spiro atoms. The van der Waals surface area contributed by atoms with Crippen LogP contribution in [-0.4, -0.2) is 26.9 Å². The third kappa shape index (κ3) is 3.69. The first kappa shape index (κ1) is 20.1. The summed E-state index contributed by atoms with van der Waals surface area (Å²) in [4.78, 5) is 32.5. The summed E-state index contributed by atoms with van der Waals surface area (Å²) < 4.78 is 5.03. The van der Waals surface area contributed by atoms with Gasteiger partial charge < -0.3 is 15.6 Å². The van der Waals surface area contributed by atoms with Crippen LogP contribution in [0.3, 0.4) is 0 Å². The number of nitrogens with one attached hydrogen (secondary N) is 1. The Hall–Kier alpha value is -3.55. The number of nitrogens with zero attached hydrogens (tertiary/aromatic N) is 3. The van der Waals surface area contributed by atoms with Crippen LogP contribution in [-0.2, 0) is 11.2 Å². The van der Waals surface area contributed by atoms with Gasteiger partial charge in [-0.25, -0.2) is 4.98 Å². The van der Waals surface area contributed by atoms with Crippen LogP contribution in [0, 0.1) is 11.3 Å². The van der Waals surface area contributed by atoms with Gasteiger partial charge in [-0.05, 0) is 78.3 Å². The zero-order valence-corrected chi connectivity index (χ0v) is 18.2. The fourth-order valence-electron chi connectivity index (χ4n) is 5.23. The third-order valence-corrected chi connectivity index (χ3v) is 7.41. The maximum atomic E-state index is 12.5. The van der Waals surface area contributed by atoms with Crippen molar-refractivity contribution in [2.24, 2.45) is 17.1 Å². The van der Waals surface area contributed by atoms with Gasteiger partial charge in [-0.1, -0.05) is 29.8 Å². The molecule has 2 atom stereocenters. The number of benzene rings is 1. The van der Waals surface area contributed by atoms with Gasteiger partial charge in [0.15, 0.2) is 5.82 Å². The van der Waals surface area contributed by atoms with Crippen molar-refractivity contribution in [3.63, 3.8) is 0 Å². The minimum Gasteiger partial charge on any atom is -0.361 e. The van der Waals surface area contributed by atoms with Crippen LogP contribution in [0.5, 0.6) is 0 Å². The molecule has 3 aliphatic carbocycles. The number of primary amides is 1. The van der Waals surface area contributed by atoms with Crippen LogP contribution in [0.1, 0.15) is 72.1 Å². The molecule has 2 aromatic heterocycles. The summed E-state index contributed by atoms with van der Waals surface area (Å²) in [6.07, 6.45) is 9.06. The van der Waals surface area contributed by atoms with Crippen molar-refractivity contribution in [1.29, 1.82) is 0 Å². The van der Waals surface area contributed by atoms with Crippen molar-refractivity contribution in [3.05, 3.63) is 59.4 Å². The Morgan fingerprint density at radius 1 is 1.12 bits per heavy atom. The SMILES string of the molecule is NC(=O)c1nc([C@H]2CCCCc3cc(-c4ccnc(NC(=O)[C@H]5CC56CC6)c4)ccc32)no1. The number of anilines is 1. The number of nitrogens with two attached hydrogens (primary N) is 1. The Morgan fingerprint density at radius 2 is 1.97 bits per heavy atom. The molecule has 2 amide bonds. The van der Waals surface area contributed by atoms with E-state index in [0.29, 0.717) is 17.1 Å². The summed E-state index contributed by atoms with van der Waals surface area (Å²) >= 11 is 0. The number of hydrogen-bond donors (Lipinski definition) is 2. The molecule has 3 aromatic rings. The third-order valence-electron chi connectivity index (χ3n) is 7.41. The molecule has 3 aliphatic rings. The van der Waals surface area contributed by atoms with E-state index in [4.69, 9.17) is 10.3 Å². The van der Waals surface area contributed by atoms with Crippen LogP contribution in [0.4, 0.5) is 5.82 Å². The predicted molar refractivity (Wildman–Crippen MR) is 120 cm³/mol. The lowest BCUT2D eigenvalue weighted by Crippen LogP contribution is -2.15. The first-order valence-electron chi connectivity index (χ1n) is 11.6. The number of carbonyl (C=O) groups excluding carboxylic acids is 2. The number of aromatic nitrogens is 3. The number of amides is 2. The van der Waals surface area contributed by atoms with E-state index in [1.807, 2.05) is 12.1 Å². The first-order valence-corrected chi connectivity index (χ1v) is 11.6. The summed E-state index contributed by atoms with van der Waals surface area (Å²) in [5.74, 6) is 0.449. The van der Waals surface area contributed by atoms with Crippen LogP contribution in [0.15, 0.2) is 41.1 Å². The largest absolute Gasteiger partial charge is 0.361 e. The van der Waals surface area contributed by atoms with Gasteiger partial charge >= 0.3 is 11.8 Å². The van der Waals surface area contributed by atoms with Crippen LogP contribution in [0.2, 0.25) is 0 Å². The van der Waals surface area contributed by atoms with Crippen LogP contribution in [0.25, 0.3) is 11.1 Å². The highest BCUT2D eigenvalue weighted by Crippen LogP contribution is 2.70. The Morgan fingerprint density at radius 3 is 2.73 bits per heavy atom. The number of aryl methyl sites for hydroxylation is 1. The molecule has 3 N–H and O–H groups in total. The molecule has 8 heteroatoms. The smallest absolute Gasteiger partial charge is 0.315 e. The maximum absolute atomic E-state index is 12.5. The Kier molecular flexibility index (Phi) is 4.57. The second-order valence-electron chi connectivity index (χ2n) is 9.57. The summed E-state index contributed by atoms with van der Waals surface area (Å²) in [6.45, 7) is 0. The van der Waals surface area contributed by atoms with Crippen molar-refractivity contribution >= 4 is 17.6 Å². The van der Waals surface area contributed by atoms with E-state index in [1.165, 1.54) is 18.4 Å². The summed E-state index contributed by atoms with van der Waals surface area (Å²) in [6, 6.07) is 10.3. The van der Waals surface area contributed by atoms with E-state index in [2.05, 4.69) is 38.6 Å². The summed E-state index contributed by atoms with van der Waals surface area (Å²) in [5, 5.41) is 7.03. The highest BCUT2D eigenvalue weighted by molar-refractivity contribution is 5.95. The van der Waals surface area contributed by atoms with Gasteiger partial charge in [0.25, 0.3) is 0 Å². The monoisotopic (exact) mass is 443 g/mol. The number of fused-ring (bicyclic) bond motifs is 1. The number of pyridine rings is 1. The van der Waals surface area contributed by atoms with Crippen LogP contribution < -0.4 is 11.1 Å². The van der Waals surface area contributed by atoms with Crippen molar-refractivity contribution in [1.82, 2.24) is 15.1 Å². The molecule has 1 aromatic carbocycles. The van der Waals surface area contributed by atoms with E-state index >= 15 is 0 Å². The molecule has 0 aliphatic heterocycles. The Balaban J connectivity index is 1.26. The molecule has 33 heavy (non-hydrogen) atoms. The Labute approximate surface area is 191 Å². The predicted octanol–water partition coefficient (Wildman–Crippen LogP) is 3.83. The van der Waals surface area contributed by atoms with Gasteiger partial charge in [0, 0.05) is 18.0 Å². The van der Waals surface area contributed by atoms with Gasteiger partial charge in [0.1, 0.15) is 5.82 Å². The topological polar surface area (TPSA) is 124 Å². The molecule has 2 saturated carbocycles. The molecular weight excluding hydrogens is 418 g/mol. The number of rotatable bonds is 5. The molecule has 2 heterocycles. The Bertz CT molecular complexity index is 1260. The van der Waals surface area contributed by atoms with Gasteiger partial charge in [0.2, 0.25) is 5.91 Å². The fraction of sp³-hybridized carbons (Fsp3) is 0.400. The van der Waals surface area contributed by atoms with Crippen molar-refractivity contribution < 1.29 is 14.1 Å². The maximum Gasteiger partial charge on any atom is 0.315 e. The molecule has 2 fully saturated rings. The lowest BCUT2D eigenvalue weighted by molar-refractivity contribution is -0.117. The zero-order chi connectivity index (χ0) is 22.6. The van der Waals surface area contributed by atoms with E-state index in [1.54, 1.807) is 6.20 Å². The van der Waals surface area contributed by atoms with E-state index < -0.39 is 5.91 Å². The lowest BCUT2D eigenvalue weighted by Gasteiger charge is -2.15. The fourth-order valence-corrected chi connectivity index (χ4v) is 5.23. The summed E-state index contributed by atoms with van der Waals surface area (Å²) in [7, 11) is 0. The van der Waals surface area contributed by atoms with Crippen molar-refractivity contribution in [2.75, 3.05) is 5.32 Å². The standard InChI is InChI=1S/C25H25N5O3/c26-21(31)24-29-22(30-33-24)18-4-2-1-3-16-11-14(5-6-17(16)18)15-7-10-27-20(12-15)28-23(32)19-13-25(19)8-9-25/h5-7,10-12,18-19H,1-4,8-9,13H2,(H2,26,31)(H,27,28,32)/t18-,19+/m0/s1. The highest BCUT2D eigenvalue weighted by Gasteiger charge is 2.65. The molecule has 0 unspecified atom stereocenters. The lowest BCUT2D eigenvalue weighted by atomic mass is 9.90. The van der Waals surface area contributed by atoms with Gasteiger partial charge in [-0.15, -0.1) is 0 Å². The molecule has 0 bridgehead atoms. The van der Waals surface area contributed by atoms with E-state index in [9.17, 15) is 9.59 Å². The second-order valence-corrected chi connectivity index (χ2v) is 9.57. The highest BCUT2D eigenvalue weighted by atomic mass is 16.5. The van der Waals surface area contributed by atoms with Gasteiger partial charge in [-0.2, -0.15) is 4.98 Å². The minimum absolute atomic E-state index is 0.0334. The normalized spacial score (nSPS) is 22.3. The average molecular weight is 444 g/mol. The molecule has 168 valence electrons. The molecule has 0 saturated heterocycles. The molecular formula is C25H25N5O3. The zero-order valence-electron chi connectivity index (χ0n) is 18.2. The second kappa shape index (κ2) is 7.50.